The van der Waals surface area contributed by atoms with Gasteiger partial charge in [0.15, 0.2) is 5.78 Å². The van der Waals surface area contributed by atoms with Gasteiger partial charge < -0.3 is 4.74 Å². The Balaban J connectivity index is 3.24. The van der Waals surface area contributed by atoms with Gasteiger partial charge in [-0.1, -0.05) is 6.92 Å². The highest BCUT2D eigenvalue weighted by molar-refractivity contribution is 7.84. The molecule has 1 rings (SSSR count). The van der Waals surface area contributed by atoms with Crippen molar-refractivity contribution in [1.29, 1.82) is 0 Å². The summed E-state index contributed by atoms with van der Waals surface area (Å²) in [6, 6.07) is -0.828. The Bertz CT molecular complexity index is 464. The van der Waals surface area contributed by atoms with E-state index >= 15 is 0 Å². The first kappa shape index (κ1) is 16.9. The molecule has 0 fully saturated rings. The molecule has 0 spiro atoms. The summed E-state index contributed by atoms with van der Waals surface area (Å²) in [4.78, 5) is 24.2. The molecule has 1 aliphatic rings. The van der Waals surface area contributed by atoms with E-state index in [1.807, 2.05) is 20.8 Å². The van der Waals surface area contributed by atoms with Gasteiger partial charge in [-0.3, -0.25) is 9.10 Å². The van der Waals surface area contributed by atoms with Crippen LogP contribution in [-0.2, 0) is 25.3 Å². The van der Waals surface area contributed by atoms with Gasteiger partial charge in [0, 0.05) is 11.8 Å². The Kier molecular flexibility index (Phi) is 5.13. The molecule has 0 aromatic rings. The van der Waals surface area contributed by atoms with E-state index in [4.69, 9.17) is 4.74 Å². The molecule has 5 nitrogen and oxygen atoms in total. The fourth-order valence-corrected chi connectivity index (χ4v) is 3.42. The molecule has 3 atom stereocenters. The van der Waals surface area contributed by atoms with Crippen LogP contribution >= 0.6 is 0 Å². The molecule has 0 aromatic heterocycles. The smallest absolute Gasteiger partial charge is 0.330 e. The number of nitrogens with zero attached hydrogens (tertiary/aromatic N) is 1. The summed E-state index contributed by atoms with van der Waals surface area (Å²) in [5.41, 5.74) is 0.510. The van der Waals surface area contributed by atoms with Crippen molar-refractivity contribution in [3.8, 4) is 0 Å². The van der Waals surface area contributed by atoms with Gasteiger partial charge in [-0.15, -0.1) is 0 Å². The Hall–Kier alpha value is -1.17. The summed E-state index contributed by atoms with van der Waals surface area (Å²) < 4.78 is 18.6. The number of hydrogen-bond acceptors (Lipinski definition) is 4. The molecule has 0 bridgehead atoms. The van der Waals surface area contributed by atoms with Crippen LogP contribution in [0.15, 0.2) is 11.8 Å². The fraction of sp³-hybridized carbons (Fsp3) is 0.714. The summed E-state index contributed by atoms with van der Waals surface area (Å²) in [7, 11) is -1.43. The average molecular weight is 301 g/mol. The number of ether oxygens (including phenoxy) is 1. The first-order chi connectivity index (χ1) is 9.11. The van der Waals surface area contributed by atoms with E-state index < -0.39 is 33.7 Å². The van der Waals surface area contributed by atoms with Gasteiger partial charge in [0.05, 0.1) is 17.3 Å². The Morgan fingerprint density at radius 1 is 1.45 bits per heavy atom. The van der Waals surface area contributed by atoms with Crippen molar-refractivity contribution in [3.63, 3.8) is 0 Å². The number of ketones is 1. The first-order valence-corrected chi connectivity index (χ1v) is 7.81. The van der Waals surface area contributed by atoms with Crippen molar-refractivity contribution in [3.05, 3.63) is 11.8 Å². The van der Waals surface area contributed by atoms with Crippen LogP contribution in [0.25, 0.3) is 0 Å². The number of esters is 1. The lowest BCUT2D eigenvalue weighted by molar-refractivity contribution is -0.150. The largest absolute Gasteiger partial charge is 0.464 e. The van der Waals surface area contributed by atoms with Crippen LogP contribution in [0.2, 0.25) is 0 Å². The lowest BCUT2D eigenvalue weighted by atomic mass is 9.90. The van der Waals surface area contributed by atoms with Crippen molar-refractivity contribution in [1.82, 2.24) is 4.31 Å². The highest BCUT2D eigenvalue weighted by atomic mass is 32.2. The minimum Gasteiger partial charge on any atom is -0.464 e. The second-order valence-electron chi connectivity index (χ2n) is 5.88. The SMILES string of the molecule is CCOC(=O)[C@@H]1[C@@H](C)C(=O)C(C)=CN1[S@](=O)C(C)(C)C. The fourth-order valence-electron chi connectivity index (χ4n) is 2.06. The van der Waals surface area contributed by atoms with Crippen molar-refractivity contribution < 1.29 is 18.5 Å². The second kappa shape index (κ2) is 6.08. The van der Waals surface area contributed by atoms with E-state index in [0.717, 1.165) is 0 Å². The molecule has 1 heterocycles. The Labute approximate surface area is 122 Å². The maximum atomic E-state index is 12.6. The standard InChI is InChI=1S/C14H23NO4S/c1-7-19-13(17)11-10(3)12(16)9(2)8-15(11)20(18)14(4,5)6/h8,10-11H,7H2,1-6H3/t10-,11+,20-/m1/s1. The molecule has 0 aromatic carbocycles. The maximum Gasteiger partial charge on any atom is 0.330 e. The average Bonchev–Trinajstić information content (AvgIpc) is 2.33. The number of allylic oxidation sites excluding steroid dienone is 1. The summed E-state index contributed by atoms with van der Waals surface area (Å²) in [5.74, 6) is -1.18. The molecule has 0 aliphatic carbocycles. The minimum atomic E-state index is -1.43. The summed E-state index contributed by atoms with van der Waals surface area (Å²) >= 11 is 0. The van der Waals surface area contributed by atoms with Crippen LogP contribution in [-0.4, -0.2) is 37.7 Å². The van der Waals surface area contributed by atoms with Crippen molar-refractivity contribution in [2.45, 2.75) is 52.3 Å². The molecular weight excluding hydrogens is 278 g/mol. The van der Waals surface area contributed by atoms with Gasteiger partial charge in [0.1, 0.15) is 17.0 Å². The van der Waals surface area contributed by atoms with Gasteiger partial charge in [0.2, 0.25) is 0 Å². The van der Waals surface area contributed by atoms with E-state index in [1.54, 1.807) is 20.8 Å². The summed E-state index contributed by atoms with van der Waals surface area (Å²) in [6.45, 7) is 10.8. The topological polar surface area (TPSA) is 63.7 Å². The third-order valence-corrected chi connectivity index (χ3v) is 4.88. The van der Waals surface area contributed by atoms with Crippen LogP contribution in [0.1, 0.15) is 41.5 Å². The molecular formula is C14H23NO4S. The lowest BCUT2D eigenvalue weighted by Gasteiger charge is -2.38. The van der Waals surface area contributed by atoms with Gasteiger partial charge in [-0.05, 0) is 34.6 Å². The minimum absolute atomic E-state index is 0.106. The molecule has 1 aliphatic heterocycles. The van der Waals surface area contributed by atoms with Crippen LogP contribution in [0.3, 0.4) is 0 Å². The third kappa shape index (κ3) is 3.29. The number of hydrogen-bond donors (Lipinski definition) is 0. The normalized spacial score (nSPS) is 25.2. The van der Waals surface area contributed by atoms with E-state index in [9.17, 15) is 13.8 Å². The van der Waals surface area contributed by atoms with Gasteiger partial charge in [0.25, 0.3) is 0 Å². The van der Waals surface area contributed by atoms with E-state index in [1.165, 1.54) is 10.5 Å². The lowest BCUT2D eigenvalue weighted by Crippen LogP contribution is -2.52. The molecule has 20 heavy (non-hydrogen) atoms. The zero-order chi connectivity index (χ0) is 15.7. The van der Waals surface area contributed by atoms with Crippen LogP contribution in [0.5, 0.6) is 0 Å². The first-order valence-electron chi connectivity index (χ1n) is 6.70. The van der Waals surface area contributed by atoms with Crippen molar-refractivity contribution >= 4 is 22.7 Å². The molecule has 6 heteroatoms. The molecule has 0 unspecified atom stereocenters. The molecule has 0 saturated carbocycles. The maximum absolute atomic E-state index is 12.6. The molecule has 0 radical (unpaired) electrons. The van der Waals surface area contributed by atoms with Crippen molar-refractivity contribution in [2.24, 2.45) is 5.92 Å². The van der Waals surface area contributed by atoms with Crippen LogP contribution in [0, 0.1) is 5.92 Å². The zero-order valence-corrected chi connectivity index (χ0v) is 13.7. The number of Topliss-reactive ketones (excluding diaryl/α,β-unsaturated/α-hetero) is 1. The summed E-state index contributed by atoms with van der Waals surface area (Å²) in [5, 5.41) is 0. The number of carbonyl (C=O) groups is 2. The second-order valence-corrected chi connectivity index (χ2v) is 8.03. The van der Waals surface area contributed by atoms with Crippen molar-refractivity contribution in [2.75, 3.05) is 6.61 Å². The predicted molar refractivity (Wildman–Crippen MR) is 78.1 cm³/mol. The monoisotopic (exact) mass is 301 g/mol. The molecule has 0 N–H and O–H groups in total. The van der Waals surface area contributed by atoms with Crippen LogP contribution < -0.4 is 0 Å². The molecule has 0 saturated heterocycles. The molecule has 0 amide bonds. The third-order valence-electron chi connectivity index (χ3n) is 3.11. The number of carbonyl (C=O) groups excluding carboxylic acids is 2. The van der Waals surface area contributed by atoms with Crippen LogP contribution in [0.4, 0.5) is 0 Å². The van der Waals surface area contributed by atoms with E-state index in [-0.39, 0.29) is 12.4 Å². The predicted octanol–water partition coefficient (Wildman–Crippen LogP) is 1.80. The highest BCUT2D eigenvalue weighted by Gasteiger charge is 2.43. The van der Waals surface area contributed by atoms with Gasteiger partial charge >= 0.3 is 5.97 Å². The number of rotatable bonds is 3. The van der Waals surface area contributed by atoms with Gasteiger partial charge in [-0.25, -0.2) is 9.00 Å². The Morgan fingerprint density at radius 2 is 2.00 bits per heavy atom. The zero-order valence-electron chi connectivity index (χ0n) is 12.9. The highest BCUT2D eigenvalue weighted by Crippen LogP contribution is 2.29. The molecule has 114 valence electrons. The van der Waals surface area contributed by atoms with E-state index in [0.29, 0.717) is 5.57 Å². The Morgan fingerprint density at radius 3 is 2.45 bits per heavy atom. The van der Waals surface area contributed by atoms with E-state index in [2.05, 4.69) is 0 Å². The summed E-state index contributed by atoms with van der Waals surface area (Å²) in [6.07, 6.45) is 1.52. The van der Waals surface area contributed by atoms with Gasteiger partial charge in [-0.2, -0.15) is 0 Å². The quantitative estimate of drug-likeness (QED) is 0.746.